The zero-order chi connectivity index (χ0) is 24.9. The maximum absolute atomic E-state index is 12.6. The standard InChI is InChI=1S/C27H25N5O4/c28-24-23-25(30-16-29-24)32(17-31-23)22-12-11-20(14-35-26(33)18-7-3-1-4-8-18)21(13-22)15-36-27(34)19-9-5-2-6-10-19/h1-12,16-17,20-22H,13-15H2,(H2,28,29,30)/t20-,21-,22-/m1/s1. The average molecular weight is 484 g/mol. The molecule has 3 atom stereocenters. The number of allylic oxidation sites excluding steroid dienone is 1. The highest BCUT2D eigenvalue weighted by Crippen LogP contribution is 2.34. The Morgan fingerprint density at radius 3 is 2.17 bits per heavy atom. The van der Waals surface area contributed by atoms with Crippen molar-refractivity contribution in [2.45, 2.75) is 12.5 Å². The number of carbonyl (C=O) groups excluding carboxylic acids is 2. The lowest BCUT2D eigenvalue weighted by atomic mass is 9.82. The molecule has 4 aromatic rings. The Labute approximate surface area is 207 Å². The summed E-state index contributed by atoms with van der Waals surface area (Å²) in [6.45, 7) is 0.343. The van der Waals surface area contributed by atoms with E-state index in [1.807, 2.05) is 28.9 Å². The van der Waals surface area contributed by atoms with E-state index in [0.717, 1.165) is 0 Å². The molecule has 0 unspecified atom stereocenters. The number of aromatic nitrogens is 4. The molecule has 1 aliphatic rings. The highest BCUT2D eigenvalue weighted by atomic mass is 16.5. The fourth-order valence-electron chi connectivity index (χ4n) is 4.36. The van der Waals surface area contributed by atoms with E-state index in [9.17, 15) is 9.59 Å². The summed E-state index contributed by atoms with van der Waals surface area (Å²) < 4.78 is 13.2. The van der Waals surface area contributed by atoms with Crippen molar-refractivity contribution in [3.05, 3.63) is 96.6 Å². The first-order chi connectivity index (χ1) is 17.6. The van der Waals surface area contributed by atoms with Crippen LogP contribution < -0.4 is 5.73 Å². The topological polar surface area (TPSA) is 122 Å². The SMILES string of the molecule is Nc1ncnc2c1ncn2[C@@H]1C=C[C@H](COC(=O)c2ccccc2)[C@@H](COC(=O)c2ccccc2)C1. The minimum Gasteiger partial charge on any atom is -0.462 e. The third-order valence-electron chi connectivity index (χ3n) is 6.33. The summed E-state index contributed by atoms with van der Waals surface area (Å²) in [6.07, 6.45) is 7.77. The van der Waals surface area contributed by atoms with Crippen LogP contribution in [0.5, 0.6) is 0 Å². The molecule has 5 rings (SSSR count). The van der Waals surface area contributed by atoms with E-state index in [1.54, 1.807) is 54.9 Å². The first kappa shape index (κ1) is 23.2. The van der Waals surface area contributed by atoms with Gasteiger partial charge in [-0.25, -0.2) is 24.5 Å². The van der Waals surface area contributed by atoms with Crippen LogP contribution in [-0.4, -0.2) is 44.7 Å². The summed E-state index contributed by atoms with van der Waals surface area (Å²) in [7, 11) is 0. The van der Waals surface area contributed by atoms with Crippen molar-refractivity contribution in [1.82, 2.24) is 19.5 Å². The van der Waals surface area contributed by atoms with E-state index in [2.05, 4.69) is 15.0 Å². The molecule has 0 aliphatic heterocycles. The number of nitrogens with zero attached hydrogens (tertiary/aromatic N) is 4. The largest absolute Gasteiger partial charge is 0.462 e. The van der Waals surface area contributed by atoms with E-state index >= 15 is 0 Å². The van der Waals surface area contributed by atoms with Gasteiger partial charge in [-0.05, 0) is 30.7 Å². The van der Waals surface area contributed by atoms with E-state index in [-0.39, 0.29) is 37.1 Å². The quantitative estimate of drug-likeness (QED) is 0.311. The molecule has 2 heterocycles. The van der Waals surface area contributed by atoms with Gasteiger partial charge >= 0.3 is 11.9 Å². The predicted molar refractivity (Wildman–Crippen MR) is 133 cm³/mol. The Bertz CT molecular complexity index is 1390. The second kappa shape index (κ2) is 10.4. The van der Waals surface area contributed by atoms with E-state index in [0.29, 0.717) is 34.5 Å². The van der Waals surface area contributed by atoms with Crippen LogP contribution in [0.15, 0.2) is 85.5 Å². The van der Waals surface area contributed by atoms with Gasteiger partial charge in [0.2, 0.25) is 0 Å². The zero-order valence-corrected chi connectivity index (χ0v) is 19.4. The second-order valence-corrected chi connectivity index (χ2v) is 8.62. The lowest BCUT2D eigenvalue weighted by molar-refractivity contribution is 0.0243. The Hall–Kier alpha value is -4.53. The molecule has 2 aromatic heterocycles. The Kier molecular flexibility index (Phi) is 6.70. The fraction of sp³-hybridized carbons (Fsp3) is 0.222. The van der Waals surface area contributed by atoms with Gasteiger partial charge in [-0.1, -0.05) is 48.6 Å². The third-order valence-corrected chi connectivity index (χ3v) is 6.33. The maximum Gasteiger partial charge on any atom is 0.338 e. The van der Waals surface area contributed by atoms with Gasteiger partial charge < -0.3 is 19.8 Å². The molecule has 1 aliphatic carbocycles. The summed E-state index contributed by atoms with van der Waals surface area (Å²) in [4.78, 5) is 37.8. The van der Waals surface area contributed by atoms with Gasteiger partial charge in [0, 0.05) is 11.8 Å². The number of carbonyl (C=O) groups is 2. The van der Waals surface area contributed by atoms with Crippen molar-refractivity contribution in [2.24, 2.45) is 11.8 Å². The van der Waals surface area contributed by atoms with Gasteiger partial charge in [0.25, 0.3) is 0 Å². The average Bonchev–Trinajstić information content (AvgIpc) is 3.37. The molecule has 0 amide bonds. The first-order valence-electron chi connectivity index (χ1n) is 11.7. The number of esters is 2. The van der Waals surface area contributed by atoms with Crippen molar-refractivity contribution >= 4 is 28.9 Å². The normalized spacial score (nSPS) is 19.2. The Balaban J connectivity index is 1.34. The lowest BCUT2D eigenvalue weighted by Crippen LogP contribution is -2.31. The van der Waals surface area contributed by atoms with Gasteiger partial charge in [-0.3, -0.25) is 0 Å². The summed E-state index contributed by atoms with van der Waals surface area (Å²) >= 11 is 0. The van der Waals surface area contributed by atoms with Gasteiger partial charge in [0.05, 0.1) is 36.7 Å². The van der Waals surface area contributed by atoms with Crippen LogP contribution in [0.3, 0.4) is 0 Å². The summed E-state index contributed by atoms with van der Waals surface area (Å²) in [5, 5.41) is 0. The van der Waals surface area contributed by atoms with Crippen molar-refractivity contribution in [1.29, 1.82) is 0 Å². The number of hydrogen-bond donors (Lipinski definition) is 1. The van der Waals surface area contributed by atoms with Crippen LogP contribution in [0.4, 0.5) is 5.82 Å². The van der Waals surface area contributed by atoms with Gasteiger partial charge in [0.1, 0.15) is 11.8 Å². The first-order valence-corrected chi connectivity index (χ1v) is 11.7. The number of rotatable bonds is 7. The summed E-state index contributed by atoms with van der Waals surface area (Å²) in [6, 6.07) is 17.6. The number of fused-ring (bicyclic) bond motifs is 1. The molecule has 0 bridgehead atoms. The monoisotopic (exact) mass is 483 g/mol. The molecule has 0 fully saturated rings. The molecule has 0 saturated heterocycles. The highest BCUT2D eigenvalue weighted by molar-refractivity contribution is 5.89. The van der Waals surface area contributed by atoms with Crippen LogP contribution in [0.25, 0.3) is 11.2 Å². The summed E-state index contributed by atoms with van der Waals surface area (Å²) in [5.74, 6) is -0.702. The molecule has 9 nitrogen and oxygen atoms in total. The number of benzene rings is 2. The van der Waals surface area contributed by atoms with E-state index in [4.69, 9.17) is 15.2 Å². The van der Waals surface area contributed by atoms with Crippen molar-refractivity contribution < 1.29 is 19.1 Å². The molecular formula is C27H25N5O4. The zero-order valence-electron chi connectivity index (χ0n) is 19.4. The number of nitrogens with two attached hydrogens (primary N) is 1. The fourth-order valence-corrected chi connectivity index (χ4v) is 4.36. The molecule has 9 heteroatoms. The molecule has 2 N–H and O–H groups in total. The van der Waals surface area contributed by atoms with Crippen LogP contribution in [0.1, 0.15) is 33.2 Å². The van der Waals surface area contributed by atoms with Crippen LogP contribution in [0.2, 0.25) is 0 Å². The van der Waals surface area contributed by atoms with Crippen molar-refractivity contribution in [3.8, 4) is 0 Å². The number of anilines is 1. The van der Waals surface area contributed by atoms with E-state index < -0.39 is 5.97 Å². The molecule has 2 aromatic carbocycles. The molecule has 0 radical (unpaired) electrons. The number of imidazole rings is 1. The van der Waals surface area contributed by atoms with Gasteiger partial charge in [0.15, 0.2) is 11.5 Å². The van der Waals surface area contributed by atoms with Crippen LogP contribution in [-0.2, 0) is 9.47 Å². The van der Waals surface area contributed by atoms with Gasteiger partial charge in [-0.2, -0.15) is 0 Å². The number of ether oxygens (including phenoxy) is 2. The van der Waals surface area contributed by atoms with Crippen LogP contribution in [0, 0.1) is 11.8 Å². The minimum absolute atomic E-state index is 0.0918. The van der Waals surface area contributed by atoms with Gasteiger partial charge in [-0.15, -0.1) is 0 Å². The summed E-state index contributed by atoms with van der Waals surface area (Å²) in [5.41, 5.74) is 8.10. The predicted octanol–water partition coefficient (Wildman–Crippen LogP) is 3.86. The third kappa shape index (κ3) is 4.95. The Morgan fingerprint density at radius 1 is 0.861 bits per heavy atom. The minimum atomic E-state index is -0.393. The molecule has 36 heavy (non-hydrogen) atoms. The molecule has 0 saturated carbocycles. The highest BCUT2D eigenvalue weighted by Gasteiger charge is 2.31. The smallest absolute Gasteiger partial charge is 0.338 e. The molecule has 0 spiro atoms. The van der Waals surface area contributed by atoms with Crippen molar-refractivity contribution in [3.63, 3.8) is 0 Å². The van der Waals surface area contributed by atoms with E-state index in [1.165, 1.54) is 6.33 Å². The second-order valence-electron chi connectivity index (χ2n) is 8.62. The lowest BCUT2D eigenvalue weighted by Gasteiger charge is -2.32. The number of hydrogen-bond acceptors (Lipinski definition) is 8. The number of nitrogen functional groups attached to an aromatic ring is 1. The molecular weight excluding hydrogens is 458 g/mol. The maximum atomic E-state index is 12.6. The van der Waals surface area contributed by atoms with Crippen LogP contribution >= 0.6 is 0 Å². The molecule has 182 valence electrons. The van der Waals surface area contributed by atoms with Crippen molar-refractivity contribution in [2.75, 3.05) is 18.9 Å². The Morgan fingerprint density at radius 2 is 1.50 bits per heavy atom.